The second kappa shape index (κ2) is 3.10. The van der Waals surface area contributed by atoms with Gasteiger partial charge in [-0.15, -0.1) is 5.25 Å². The molecule has 0 saturated heterocycles. The Morgan fingerprint density at radius 1 is 1.50 bits per heavy atom. The molecule has 0 heterocycles. The first-order valence-corrected chi connectivity index (χ1v) is 3.01. The Labute approximate surface area is 45.0 Å². The second-order valence-corrected chi connectivity index (χ2v) is 2.42. The summed E-state index contributed by atoms with van der Waals surface area (Å²) >= 11 is 0. The summed E-state index contributed by atoms with van der Waals surface area (Å²) in [5.41, 5.74) is 0. The third-order valence-corrected chi connectivity index (χ3v) is 1.20. The molecule has 0 aromatic heterocycles. The Hall–Kier alpha value is -0.0100. The number of hydrogen-bond acceptors (Lipinski definition) is 6. The van der Waals surface area contributed by atoms with Crippen molar-refractivity contribution in [3.8, 4) is 0 Å². The average molecular weight is 143 g/mol. The van der Waals surface area contributed by atoms with Gasteiger partial charge in [0.1, 0.15) is 0 Å². The van der Waals surface area contributed by atoms with Gasteiger partial charge in [0.05, 0.1) is 0 Å². The van der Waals surface area contributed by atoms with Gasteiger partial charge in [-0.3, -0.25) is 0 Å². The monoisotopic (exact) mass is 143 g/mol. The predicted molar refractivity (Wildman–Crippen MR) is 23.1 cm³/mol. The number of nitrogens with one attached hydrogen (secondary N) is 1. The molecule has 0 fully saturated rings. The van der Waals surface area contributed by atoms with Crippen molar-refractivity contribution in [2.24, 2.45) is 11.8 Å². The van der Waals surface area contributed by atoms with Crippen LogP contribution in [0.3, 0.4) is 0 Å². The molecule has 0 aliphatic heterocycles. The quantitative estimate of drug-likeness (QED) is 0.291. The summed E-state index contributed by atoms with van der Waals surface area (Å²) in [6.07, 6.45) is 0. The maximum absolute atomic E-state index is 10.3. The summed E-state index contributed by atoms with van der Waals surface area (Å²) in [5.74, 6) is 8.67. The summed E-state index contributed by atoms with van der Waals surface area (Å²) in [4.78, 5) is 0. The molecule has 0 aliphatic rings. The minimum Gasteiger partial charge on any atom is -0.306 e. The molecule has 0 atom stereocenters. The maximum Gasteiger partial charge on any atom is 0.460 e. The van der Waals surface area contributed by atoms with E-state index in [2.05, 4.69) is 21.0 Å². The normalized spacial score (nSPS) is 11.9. The molecule has 8 heteroatoms. The first kappa shape index (κ1) is 7.99. The van der Waals surface area contributed by atoms with Gasteiger partial charge in [-0.05, 0) is 0 Å². The Morgan fingerprint density at radius 2 is 1.88 bits per heavy atom. The summed E-state index contributed by atoms with van der Waals surface area (Å²) in [6.45, 7) is 0. The molecular formula is H6N3O4P. The van der Waals surface area contributed by atoms with Crippen LogP contribution in [0.2, 0.25) is 0 Å². The Bertz CT molecular complexity index is 82.4. The van der Waals surface area contributed by atoms with Crippen molar-refractivity contribution in [2.45, 2.75) is 0 Å². The fourth-order valence-corrected chi connectivity index (χ4v) is 0.216. The zero-order valence-corrected chi connectivity index (χ0v) is 4.67. The van der Waals surface area contributed by atoms with Crippen molar-refractivity contribution in [1.82, 2.24) is 5.25 Å². The van der Waals surface area contributed by atoms with Crippen molar-refractivity contribution in [1.29, 1.82) is 0 Å². The molecule has 0 radical (unpaired) electrons. The SMILES string of the molecule is NOP(=O)(NO)ON. The minimum atomic E-state index is -3.80. The predicted octanol–water partition coefficient (Wildman–Crippen LogP) is -1.15. The standard InChI is InChI=1S/H6N3O4P/c1-6-8(5,3-4)7-2/h4H,1-2H2,(H,3,5). The third kappa shape index (κ3) is 1.85. The highest BCUT2D eigenvalue weighted by molar-refractivity contribution is 7.51. The first-order chi connectivity index (χ1) is 3.68. The van der Waals surface area contributed by atoms with E-state index >= 15 is 0 Å². The fraction of sp³-hybridized carbons (Fsp3) is 0. The van der Waals surface area contributed by atoms with Crippen molar-refractivity contribution < 1.29 is 19.0 Å². The second-order valence-electron chi connectivity index (χ2n) is 0.808. The van der Waals surface area contributed by atoms with Crippen molar-refractivity contribution in [3.05, 3.63) is 0 Å². The van der Waals surface area contributed by atoms with E-state index in [4.69, 9.17) is 5.21 Å². The lowest BCUT2D eigenvalue weighted by Gasteiger charge is -2.06. The molecule has 0 aromatic carbocycles. The van der Waals surface area contributed by atoms with Gasteiger partial charge in [-0.2, -0.15) is 0 Å². The van der Waals surface area contributed by atoms with Crippen LogP contribution in [-0.2, 0) is 13.8 Å². The highest BCUT2D eigenvalue weighted by Crippen LogP contribution is 2.37. The number of nitrogens with two attached hydrogens (primary N) is 2. The van der Waals surface area contributed by atoms with Gasteiger partial charge in [-0.25, -0.2) is 25.6 Å². The van der Waals surface area contributed by atoms with E-state index < -0.39 is 7.75 Å². The molecule has 8 heavy (non-hydrogen) atoms. The van der Waals surface area contributed by atoms with Crippen LogP contribution >= 0.6 is 7.75 Å². The van der Waals surface area contributed by atoms with E-state index in [-0.39, 0.29) is 0 Å². The first-order valence-electron chi connectivity index (χ1n) is 1.47. The topological polar surface area (TPSA) is 120 Å². The third-order valence-electron chi connectivity index (χ3n) is 0.400. The smallest absolute Gasteiger partial charge is 0.306 e. The summed E-state index contributed by atoms with van der Waals surface area (Å²) in [5, 5.41) is 9.00. The molecule has 0 rings (SSSR count). The van der Waals surface area contributed by atoms with E-state index in [1.54, 1.807) is 0 Å². The molecule has 0 saturated carbocycles. The highest BCUT2D eigenvalue weighted by atomic mass is 31.2. The van der Waals surface area contributed by atoms with Gasteiger partial charge in [0, 0.05) is 0 Å². The summed E-state index contributed by atoms with van der Waals surface area (Å²) in [6, 6.07) is 0. The van der Waals surface area contributed by atoms with Crippen LogP contribution in [0.15, 0.2) is 0 Å². The van der Waals surface area contributed by atoms with Gasteiger partial charge in [-0.1, -0.05) is 0 Å². The van der Waals surface area contributed by atoms with Gasteiger partial charge < -0.3 is 5.21 Å². The van der Waals surface area contributed by atoms with Crippen LogP contribution in [0.25, 0.3) is 0 Å². The van der Waals surface area contributed by atoms with Gasteiger partial charge in [0.25, 0.3) is 0 Å². The van der Waals surface area contributed by atoms with Crippen LogP contribution in [0, 0.1) is 0 Å². The molecule has 7 nitrogen and oxygen atoms in total. The van der Waals surface area contributed by atoms with Gasteiger partial charge in [0.2, 0.25) is 0 Å². The zero-order chi connectivity index (χ0) is 6.62. The van der Waals surface area contributed by atoms with Crippen LogP contribution in [0.4, 0.5) is 0 Å². The molecule has 0 bridgehead atoms. The van der Waals surface area contributed by atoms with Crippen molar-refractivity contribution in [3.63, 3.8) is 0 Å². The molecule has 0 aromatic rings. The molecule has 0 spiro atoms. The average Bonchev–Trinajstić information content (AvgIpc) is 1.87. The Kier molecular flexibility index (Phi) is 3.10. The van der Waals surface area contributed by atoms with Crippen LogP contribution in [-0.4, -0.2) is 5.21 Å². The van der Waals surface area contributed by atoms with Crippen molar-refractivity contribution >= 4 is 7.75 Å². The minimum absolute atomic E-state index is 1.14. The molecular weight excluding hydrogens is 137 g/mol. The number of hydrogen-bond donors (Lipinski definition) is 4. The van der Waals surface area contributed by atoms with Crippen LogP contribution in [0.5, 0.6) is 0 Å². The van der Waals surface area contributed by atoms with E-state index in [0.29, 0.717) is 0 Å². The van der Waals surface area contributed by atoms with Crippen molar-refractivity contribution in [2.75, 3.05) is 0 Å². The molecule has 6 N–H and O–H groups in total. The van der Waals surface area contributed by atoms with E-state index in [9.17, 15) is 4.57 Å². The summed E-state index contributed by atoms with van der Waals surface area (Å²) in [7, 11) is -3.80. The van der Waals surface area contributed by atoms with E-state index in [1.165, 1.54) is 0 Å². The number of rotatable bonds is 3. The lowest BCUT2D eigenvalue weighted by molar-refractivity contribution is 0.136. The Morgan fingerprint density at radius 3 is 1.88 bits per heavy atom. The lowest BCUT2D eigenvalue weighted by Crippen LogP contribution is -2.15. The fourth-order valence-electron chi connectivity index (χ4n) is 0.0720. The van der Waals surface area contributed by atoms with E-state index in [1.807, 2.05) is 0 Å². The molecule has 0 aliphatic carbocycles. The largest absolute Gasteiger partial charge is 0.460 e. The molecule has 50 valence electrons. The van der Waals surface area contributed by atoms with Crippen LogP contribution in [0.1, 0.15) is 0 Å². The van der Waals surface area contributed by atoms with Crippen LogP contribution < -0.4 is 17.0 Å². The maximum atomic E-state index is 10.3. The van der Waals surface area contributed by atoms with E-state index in [0.717, 1.165) is 5.25 Å². The summed E-state index contributed by atoms with van der Waals surface area (Å²) < 4.78 is 17.4. The Balaban J connectivity index is 3.79. The lowest BCUT2D eigenvalue weighted by atomic mass is 13.5. The zero-order valence-electron chi connectivity index (χ0n) is 3.77. The molecule has 0 unspecified atom stereocenters. The van der Waals surface area contributed by atoms with Gasteiger partial charge in [0.15, 0.2) is 0 Å². The van der Waals surface area contributed by atoms with Gasteiger partial charge >= 0.3 is 7.75 Å². The highest BCUT2D eigenvalue weighted by Gasteiger charge is 2.20. The molecule has 0 amide bonds.